The Bertz CT molecular complexity index is 2180. The number of pyridine rings is 1. The van der Waals surface area contributed by atoms with Gasteiger partial charge in [0, 0.05) is 33.8 Å². The molecule has 0 spiro atoms. The van der Waals surface area contributed by atoms with E-state index in [0.29, 0.717) is 38.1 Å². The molecule has 3 heterocycles. The number of rotatable bonds is 6. The van der Waals surface area contributed by atoms with Gasteiger partial charge in [-0.15, -0.1) is 11.3 Å². The van der Waals surface area contributed by atoms with Crippen LogP contribution in [0.2, 0.25) is 0 Å². The Morgan fingerprint density at radius 1 is 0.977 bits per heavy atom. The van der Waals surface area contributed by atoms with E-state index in [2.05, 4.69) is 11.1 Å². The number of halogens is 1. The number of methoxy groups -OCH3 is 1. The molecule has 43 heavy (non-hydrogen) atoms. The lowest BCUT2D eigenvalue weighted by molar-refractivity contribution is 0.0594. The van der Waals surface area contributed by atoms with Crippen molar-refractivity contribution in [2.45, 2.75) is 11.8 Å². The van der Waals surface area contributed by atoms with E-state index in [1.54, 1.807) is 60.0 Å². The van der Waals surface area contributed by atoms with Crippen LogP contribution < -0.4 is 0 Å². The summed E-state index contributed by atoms with van der Waals surface area (Å²) in [6, 6.07) is 24.9. The van der Waals surface area contributed by atoms with Crippen LogP contribution >= 0.6 is 11.3 Å². The number of fused-ring (bicyclic) bond motifs is 1. The molecule has 212 valence electrons. The van der Waals surface area contributed by atoms with Crippen molar-refractivity contribution < 1.29 is 22.3 Å². The molecule has 0 atom stereocenters. The van der Waals surface area contributed by atoms with Gasteiger partial charge in [0.1, 0.15) is 22.5 Å². The van der Waals surface area contributed by atoms with Gasteiger partial charge in [-0.3, -0.25) is 0 Å². The Hall–Kier alpha value is -5.11. The second-order valence-corrected chi connectivity index (χ2v) is 12.5. The van der Waals surface area contributed by atoms with Crippen molar-refractivity contribution in [1.29, 1.82) is 5.26 Å². The van der Waals surface area contributed by atoms with Crippen LogP contribution in [0.1, 0.15) is 20.9 Å². The van der Waals surface area contributed by atoms with Crippen molar-refractivity contribution >= 4 is 38.2 Å². The van der Waals surface area contributed by atoms with Crippen molar-refractivity contribution in [1.82, 2.24) is 8.96 Å². The Balaban J connectivity index is 1.68. The first-order chi connectivity index (χ1) is 20.7. The van der Waals surface area contributed by atoms with Crippen LogP contribution in [0.25, 0.3) is 44.4 Å². The predicted molar refractivity (Wildman–Crippen MR) is 164 cm³/mol. The lowest BCUT2D eigenvalue weighted by Gasteiger charge is -2.15. The van der Waals surface area contributed by atoms with Crippen LogP contribution in [0.5, 0.6) is 0 Å². The number of benzene rings is 3. The second kappa shape index (κ2) is 10.9. The number of ether oxygens (including phenoxy) is 1. The van der Waals surface area contributed by atoms with Crippen molar-refractivity contribution in [3.05, 3.63) is 118 Å². The van der Waals surface area contributed by atoms with Gasteiger partial charge in [-0.05, 0) is 66.4 Å². The van der Waals surface area contributed by atoms with E-state index >= 15 is 0 Å². The van der Waals surface area contributed by atoms with Gasteiger partial charge in [-0.1, -0.05) is 42.0 Å². The van der Waals surface area contributed by atoms with Crippen LogP contribution in [-0.4, -0.2) is 30.5 Å². The van der Waals surface area contributed by atoms with Gasteiger partial charge in [0.2, 0.25) is 0 Å². The average Bonchev–Trinajstić information content (AvgIpc) is 3.63. The molecule has 7 nitrogen and oxygen atoms in total. The van der Waals surface area contributed by atoms with Crippen LogP contribution in [0.3, 0.4) is 0 Å². The smallest absolute Gasteiger partial charge is 0.356 e. The third-order valence-electron chi connectivity index (χ3n) is 7.11. The fraction of sp³-hybridized carbons (Fsp3) is 0.0606. The number of hydrogen-bond donors (Lipinski definition) is 0. The summed E-state index contributed by atoms with van der Waals surface area (Å²) in [7, 11) is -2.93. The molecule has 0 aliphatic rings. The standard InChI is InChI=1S/C33H22FN3O4S2/c1-20-6-10-25(11-7-20)43(39,40)37-29-13-9-24(34)17-27(29)31(26-14-15-42-30(26)18-35)32(37)22-5-3-4-21(16-22)23-8-12-28(36-19-23)33(38)41-2/h3-17,19H,1-2H3. The van der Waals surface area contributed by atoms with E-state index in [9.17, 15) is 22.9 Å². The third kappa shape index (κ3) is 4.88. The molecule has 3 aromatic carbocycles. The number of esters is 1. The fourth-order valence-corrected chi connectivity index (χ4v) is 7.30. The molecule has 0 aliphatic carbocycles. The molecule has 6 rings (SSSR count). The topological polar surface area (TPSA) is 102 Å². The first-order valence-electron chi connectivity index (χ1n) is 13.0. The minimum absolute atomic E-state index is 0.0664. The SMILES string of the molecule is COC(=O)c1ccc(-c2cccc(-c3c(-c4ccsc4C#N)c4cc(F)ccc4n3S(=O)(=O)c3ccc(C)cc3)c2)cn1. The Kier molecular flexibility index (Phi) is 7.13. The molecule has 0 radical (unpaired) electrons. The largest absolute Gasteiger partial charge is 0.464 e. The maximum atomic E-state index is 14.8. The molecule has 10 heteroatoms. The van der Waals surface area contributed by atoms with E-state index in [0.717, 1.165) is 5.56 Å². The Morgan fingerprint density at radius 3 is 2.44 bits per heavy atom. The van der Waals surface area contributed by atoms with E-state index in [-0.39, 0.29) is 21.8 Å². The Labute approximate surface area is 251 Å². The molecule has 3 aromatic heterocycles. The number of nitriles is 1. The van der Waals surface area contributed by atoms with Crippen LogP contribution in [-0.2, 0) is 14.8 Å². The highest BCUT2D eigenvalue weighted by atomic mass is 32.2. The van der Waals surface area contributed by atoms with E-state index < -0.39 is 21.8 Å². The molecule has 0 bridgehead atoms. The summed E-state index contributed by atoms with van der Waals surface area (Å²) >= 11 is 1.22. The minimum Gasteiger partial charge on any atom is -0.464 e. The zero-order chi connectivity index (χ0) is 30.3. The summed E-state index contributed by atoms with van der Waals surface area (Å²) < 4.78 is 49.6. The van der Waals surface area contributed by atoms with Gasteiger partial charge in [-0.25, -0.2) is 26.6 Å². The molecule has 0 saturated carbocycles. The van der Waals surface area contributed by atoms with Crippen LogP contribution in [0.4, 0.5) is 4.39 Å². The highest BCUT2D eigenvalue weighted by Gasteiger charge is 2.30. The zero-order valence-corrected chi connectivity index (χ0v) is 24.5. The second-order valence-electron chi connectivity index (χ2n) is 9.75. The molecule has 0 unspecified atom stereocenters. The maximum absolute atomic E-state index is 14.8. The number of aryl methyl sites for hydroxylation is 1. The van der Waals surface area contributed by atoms with E-state index in [1.807, 2.05) is 19.1 Å². The summed E-state index contributed by atoms with van der Waals surface area (Å²) in [6.07, 6.45) is 1.53. The van der Waals surface area contributed by atoms with Crippen molar-refractivity contribution in [3.8, 4) is 39.6 Å². The number of aromatic nitrogens is 2. The number of carbonyl (C=O) groups is 1. The molecule has 0 saturated heterocycles. The van der Waals surface area contributed by atoms with Gasteiger partial charge in [0.15, 0.2) is 0 Å². The first kappa shape index (κ1) is 28.0. The molecule has 0 N–H and O–H groups in total. The lowest BCUT2D eigenvalue weighted by atomic mass is 9.96. The molecule has 0 aliphatic heterocycles. The normalized spacial score (nSPS) is 11.4. The molecular formula is C33H22FN3O4S2. The molecule has 6 aromatic rings. The minimum atomic E-state index is -4.21. The van der Waals surface area contributed by atoms with Crippen molar-refractivity contribution in [2.75, 3.05) is 7.11 Å². The van der Waals surface area contributed by atoms with Gasteiger partial charge >= 0.3 is 5.97 Å². The zero-order valence-electron chi connectivity index (χ0n) is 22.9. The number of carbonyl (C=O) groups excluding carboxylic acids is 1. The van der Waals surface area contributed by atoms with Crippen molar-refractivity contribution in [3.63, 3.8) is 0 Å². The predicted octanol–water partition coefficient (Wildman–Crippen LogP) is 7.44. The quantitative estimate of drug-likeness (QED) is 0.182. The van der Waals surface area contributed by atoms with Crippen molar-refractivity contribution in [2.24, 2.45) is 0 Å². The summed E-state index contributed by atoms with van der Waals surface area (Å²) in [4.78, 5) is 16.5. The Morgan fingerprint density at radius 2 is 1.74 bits per heavy atom. The highest BCUT2D eigenvalue weighted by Crippen LogP contribution is 2.45. The van der Waals surface area contributed by atoms with Gasteiger partial charge < -0.3 is 4.74 Å². The van der Waals surface area contributed by atoms with E-state index in [1.165, 1.54) is 46.8 Å². The van der Waals surface area contributed by atoms with Crippen LogP contribution in [0, 0.1) is 24.1 Å². The van der Waals surface area contributed by atoms with Gasteiger partial charge in [-0.2, -0.15) is 5.26 Å². The van der Waals surface area contributed by atoms with Gasteiger partial charge in [0.25, 0.3) is 10.0 Å². The highest BCUT2D eigenvalue weighted by molar-refractivity contribution is 7.90. The third-order valence-corrected chi connectivity index (χ3v) is 9.66. The number of hydrogen-bond acceptors (Lipinski definition) is 7. The van der Waals surface area contributed by atoms with E-state index in [4.69, 9.17) is 4.74 Å². The summed E-state index contributed by atoms with van der Waals surface area (Å²) in [5.41, 5.74) is 4.45. The monoisotopic (exact) mass is 607 g/mol. The summed E-state index contributed by atoms with van der Waals surface area (Å²) in [6.45, 7) is 1.87. The van der Waals surface area contributed by atoms with Gasteiger partial charge in [0.05, 0.1) is 23.2 Å². The number of thiophene rings is 1. The molecule has 0 amide bonds. The molecular weight excluding hydrogens is 586 g/mol. The van der Waals surface area contributed by atoms with Crippen LogP contribution in [0.15, 0.2) is 101 Å². The first-order valence-corrected chi connectivity index (χ1v) is 15.3. The summed E-state index contributed by atoms with van der Waals surface area (Å²) in [5, 5.41) is 12.0. The summed E-state index contributed by atoms with van der Waals surface area (Å²) in [5.74, 6) is -1.10. The molecule has 0 fully saturated rings. The number of nitrogens with zero attached hydrogens (tertiary/aromatic N) is 3. The lowest BCUT2D eigenvalue weighted by Crippen LogP contribution is -2.14. The fourth-order valence-electron chi connectivity index (χ4n) is 5.06. The maximum Gasteiger partial charge on any atom is 0.356 e. The average molecular weight is 608 g/mol.